The van der Waals surface area contributed by atoms with Crippen molar-refractivity contribution in [2.45, 2.75) is 38.5 Å². The number of hydrogen-bond acceptors (Lipinski definition) is 2. The van der Waals surface area contributed by atoms with E-state index in [4.69, 9.17) is 11.6 Å². The predicted molar refractivity (Wildman–Crippen MR) is 75.8 cm³/mol. The Balaban J connectivity index is 2.15. The van der Waals surface area contributed by atoms with Crippen LogP contribution in [0.25, 0.3) is 0 Å². The van der Waals surface area contributed by atoms with Gasteiger partial charge in [0.2, 0.25) is 5.91 Å². The standard InChI is InChI=1S/C15H17ClN2O/c16-12-6-5-7-13(10-12)18-14(19)15(11-17)8-3-1-2-4-9-15/h5-7,10H,1-4,8-9H2,(H,18,19). The predicted octanol–water partition coefficient (Wildman–Crippen LogP) is 4.14. The van der Waals surface area contributed by atoms with Crippen molar-refractivity contribution in [2.24, 2.45) is 5.41 Å². The molecule has 1 amide bonds. The summed E-state index contributed by atoms with van der Waals surface area (Å²) in [6, 6.07) is 9.26. The molecule has 1 aromatic rings. The molecule has 0 spiro atoms. The van der Waals surface area contributed by atoms with E-state index in [1.807, 2.05) is 0 Å². The Morgan fingerprint density at radius 3 is 2.53 bits per heavy atom. The number of amides is 1. The first-order valence-corrected chi connectivity index (χ1v) is 7.02. The van der Waals surface area contributed by atoms with E-state index in [0.29, 0.717) is 23.6 Å². The quantitative estimate of drug-likeness (QED) is 0.825. The first-order valence-electron chi connectivity index (χ1n) is 6.65. The lowest BCUT2D eigenvalue weighted by Gasteiger charge is -2.23. The summed E-state index contributed by atoms with van der Waals surface area (Å²) in [6.07, 6.45) is 5.39. The Labute approximate surface area is 118 Å². The van der Waals surface area contributed by atoms with Crippen LogP contribution in [0.4, 0.5) is 5.69 Å². The number of nitriles is 1. The van der Waals surface area contributed by atoms with E-state index in [1.54, 1.807) is 24.3 Å². The third kappa shape index (κ3) is 3.27. The van der Waals surface area contributed by atoms with Crippen molar-refractivity contribution >= 4 is 23.2 Å². The molecule has 1 N–H and O–H groups in total. The molecule has 0 atom stereocenters. The van der Waals surface area contributed by atoms with E-state index in [9.17, 15) is 10.1 Å². The van der Waals surface area contributed by atoms with Crippen LogP contribution in [0.1, 0.15) is 38.5 Å². The zero-order chi connectivity index (χ0) is 13.7. The lowest BCUT2D eigenvalue weighted by molar-refractivity contribution is -0.123. The number of carbonyl (C=O) groups is 1. The largest absolute Gasteiger partial charge is 0.325 e. The summed E-state index contributed by atoms with van der Waals surface area (Å²) in [6.45, 7) is 0. The molecule has 0 radical (unpaired) electrons. The van der Waals surface area contributed by atoms with Crippen molar-refractivity contribution in [3.05, 3.63) is 29.3 Å². The number of anilines is 1. The van der Waals surface area contributed by atoms with Crippen molar-refractivity contribution < 1.29 is 4.79 Å². The van der Waals surface area contributed by atoms with Gasteiger partial charge in [0.25, 0.3) is 0 Å². The van der Waals surface area contributed by atoms with Gasteiger partial charge >= 0.3 is 0 Å². The maximum Gasteiger partial charge on any atom is 0.244 e. The van der Waals surface area contributed by atoms with Crippen LogP contribution in [-0.2, 0) is 4.79 Å². The summed E-state index contributed by atoms with van der Waals surface area (Å²) in [7, 11) is 0. The average molecular weight is 277 g/mol. The van der Waals surface area contributed by atoms with Crippen LogP contribution in [0.3, 0.4) is 0 Å². The number of hydrogen-bond donors (Lipinski definition) is 1. The fourth-order valence-corrected chi connectivity index (χ4v) is 2.73. The molecule has 1 aromatic carbocycles. The van der Waals surface area contributed by atoms with Gasteiger partial charge < -0.3 is 5.32 Å². The highest BCUT2D eigenvalue weighted by Gasteiger charge is 2.38. The molecule has 0 aromatic heterocycles. The molecule has 4 heteroatoms. The first-order chi connectivity index (χ1) is 9.16. The van der Waals surface area contributed by atoms with Gasteiger partial charge in [-0.25, -0.2) is 0 Å². The Bertz CT molecular complexity index is 499. The molecular weight excluding hydrogens is 260 g/mol. The lowest BCUT2D eigenvalue weighted by atomic mass is 9.81. The van der Waals surface area contributed by atoms with Crippen molar-refractivity contribution in [3.8, 4) is 6.07 Å². The zero-order valence-electron chi connectivity index (χ0n) is 10.8. The highest BCUT2D eigenvalue weighted by molar-refractivity contribution is 6.30. The summed E-state index contributed by atoms with van der Waals surface area (Å²) < 4.78 is 0. The van der Waals surface area contributed by atoms with E-state index >= 15 is 0 Å². The van der Waals surface area contributed by atoms with Crippen molar-refractivity contribution in [2.75, 3.05) is 5.32 Å². The summed E-state index contributed by atoms with van der Waals surface area (Å²) in [5.74, 6) is -0.195. The third-order valence-corrected chi connectivity index (χ3v) is 3.92. The number of halogens is 1. The molecule has 19 heavy (non-hydrogen) atoms. The Hall–Kier alpha value is -1.53. The maximum absolute atomic E-state index is 12.4. The van der Waals surface area contributed by atoms with E-state index in [-0.39, 0.29) is 5.91 Å². The van der Waals surface area contributed by atoms with Gasteiger partial charge in [0.15, 0.2) is 0 Å². The lowest BCUT2D eigenvalue weighted by Crippen LogP contribution is -2.34. The topological polar surface area (TPSA) is 52.9 Å². The Morgan fingerprint density at radius 1 is 1.26 bits per heavy atom. The molecule has 0 bridgehead atoms. The molecule has 1 saturated carbocycles. The summed E-state index contributed by atoms with van der Waals surface area (Å²) in [5.41, 5.74) is -0.227. The molecule has 3 nitrogen and oxygen atoms in total. The first kappa shape index (κ1) is 13.9. The van der Waals surface area contributed by atoms with Gasteiger partial charge in [0.05, 0.1) is 6.07 Å². The van der Waals surface area contributed by atoms with Crippen LogP contribution < -0.4 is 5.32 Å². The Morgan fingerprint density at radius 2 is 1.95 bits per heavy atom. The molecule has 0 aliphatic heterocycles. The van der Waals surface area contributed by atoms with Gasteiger partial charge in [-0.05, 0) is 31.0 Å². The van der Waals surface area contributed by atoms with Crippen LogP contribution >= 0.6 is 11.6 Å². The molecule has 1 aliphatic rings. The van der Waals surface area contributed by atoms with E-state index < -0.39 is 5.41 Å². The van der Waals surface area contributed by atoms with E-state index in [2.05, 4.69) is 11.4 Å². The van der Waals surface area contributed by atoms with Crippen LogP contribution in [0.5, 0.6) is 0 Å². The molecule has 100 valence electrons. The van der Waals surface area contributed by atoms with Gasteiger partial charge in [0, 0.05) is 10.7 Å². The molecule has 1 fully saturated rings. The monoisotopic (exact) mass is 276 g/mol. The molecule has 2 rings (SSSR count). The minimum absolute atomic E-state index is 0.195. The normalized spacial score (nSPS) is 18.1. The van der Waals surface area contributed by atoms with E-state index in [0.717, 1.165) is 25.7 Å². The Kier molecular flexibility index (Phi) is 4.44. The molecular formula is C15H17ClN2O. The van der Waals surface area contributed by atoms with Gasteiger partial charge in [0.1, 0.15) is 5.41 Å². The second-order valence-corrected chi connectivity index (χ2v) is 5.51. The summed E-state index contributed by atoms with van der Waals surface area (Å²) >= 11 is 5.89. The number of nitrogens with one attached hydrogen (secondary N) is 1. The molecule has 0 unspecified atom stereocenters. The average Bonchev–Trinajstić information content (AvgIpc) is 2.65. The second kappa shape index (κ2) is 6.08. The van der Waals surface area contributed by atoms with Gasteiger partial charge in [-0.3, -0.25) is 4.79 Å². The van der Waals surface area contributed by atoms with Crippen LogP contribution in [-0.4, -0.2) is 5.91 Å². The SMILES string of the molecule is N#CC1(C(=O)Nc2cccc(Cl)c2)CCCCCC1. The van der Waals surface area contributed by atoms with Crippen LogP contribution in [0.15, 0.2) is 24.3 Å². The maximum atomic E-state index is 12.4. The number of benzene rings is 1. The number of carbonyl (C=O) groups excluding carboxylic acids is 1. The molecule has 0 saturated heterocycles. The van der Waals surface area contributed by atoms with Gasteiger partial charge in [-0.2, -0.15) is 5.26 Å². The summed E-state index contributed by atoms with van der Waals surface area (Å²) in [4.78, 5) is 12.4. The summed E-state index contributed by atoms with van der Waals surface area (Å²) in [5, 5.41) is 12.8. The number of nitrogens with zero attached hydrogens (tertiary/aromatic N) is 1. The van der Waals surface area contributed by atoms with Gasteiger partial charge in [-0.15, -0.1) is 0 Å². The van der Waals surface area contributed by atoms with Crippen LogP contribution in [0.2, 0.25) is 5.02 Å². The minimum Gasteiger partial charge on any atom is -0.325 e. The highest BCUT2D eigenvalue weighted by Crippen LogP contribution is 2.35. The fraction of sp³-hybridized carbons (Fsp3) is 0.467. The van der Waals surface area contributed by atoms with Crippen molar-refractivity contribution in [3.63, 3.8) is 0 Å². The zero-order valence-corrected chi connectivity index (χ0v) is 11.5. The molecule has 0 heterocycles. The second-order valence-electron chi connectivity index (χ2n) is 5.07. The number of rotatable bonds is 2. The third-order valence-electron chi connectivity index (χ3n) is 3.69. The minimum atomic E-state index is -0.876. The van der Waals surface area contributed by atoms with Gasteiger partial charge in [-0.1, -0.05) is 43.4 Å². The van der Waals surface area contributed by atoms with Crippen LogP contribution in [0, 0.1) is 16.7 Å². The highest BCUT2D eigenvalue weighted by atomic mass is 35.5. The van der Waals surface area contributed by atoms with Crippen molar-refractivity contribution in [1.29, 1.82) is 5.26 Å². The van der Waals surface area contributed by atoms with Crippen molar-refractivity contribution in [1.82, 2.24) is 0 Å². The fourth-order valence-electron chi connectivity index (χ4n) is 2.54. The smallest absolute Gasteiger partial charge is 0.244 e. The molecule has 1 aliphatic carbocycles. The van der Waals surface area contributed by atoms with E-state index in [1.165, 1.54) is 0 Å².